The number of H-pyrrole nitrogens is 1. The number of carboxylic acids is 1. The fourth-order valence-corrected chi connectivity index (χ4v) is 4.52. The molecule has 4 N–H and O–H groups in total. The van der Waals surface area contributed by atoms with Gasteiger partial charge in [0.2, 0.25) is 5.95 Å². The van der Waals surface area contributed by atoms with Crippen LogP contribution in [-0.2, 0) is 10.9 Å². The molecule has 1 saturated carbocycles. The lowest BCUT2D eigenvalue weighted by molar-refractivity contribution is -0.137. The van der Waals surface area contributed by atoms with Gasteiger partial charge in [-0.25, -0.2) is 19.7 Å². The topological polar surface area (TPSA) is 128 Å². The zero-order chi connectivity index (χ0) is 26.6. The molecule has 3 heterocycles. The van der Waals surface area contributed by atoms with Crippen LogP contribution >= 0.6 is 0 Å². The Hall–Kier alpha value is -3.29. The number of pyridine rings is 1. The number of nitrogens with one attached hydrogen (secondary N) is 3. The lowest BCUT2D eigenvalue weighted by atomic mass is 10.1. The molecule has 13 heteroatoms. The number of halogens is 3. The van der Waals surface area contributed by atoms with Gasteiger partial charge in [-0.05, 0) is 45.5 Å². The van der Waals surface area contributed by atoms with Crippen LogP contribution in [0.2, 0.25) is 0 Å². The second kappa shape index (κ2) is 11.4. The van der Waals surface area contributed by atoms with Gasteiger partial charge in [0.05, 0.1) is 18.9 Å². The molecule has 0 saturated heterocycles. The number of alkyl halides is 3. The first-order valence-corrected chi connectivity index (χ1v) is 12.0. The quantitative estimate of drug-likeness (QED) is 0.281. The maximum Gasteiger partial charge on any atom is 0.419 e. The van der Waals surface area contributed by atoms with Crippen LogP contribution in [0, 0.1) is 0 Å². The van der Waals surface area contributed by atoms with Gasteiger partial charge >= 0.3 is 12.1 Å². The number of aromatic carboxylic acids is 1. The maximum absolute atomic E-state index is 13.8. The molecule has 37 heavy (non-hydrogen) atoms. The first-order chi connectivity index (χ1) is 17.7. The number of rotatable bonds is 11. The van der Waals surface area contributed by atoms with E-state index in [2.05, 4.69) is 35.5 Å². The van der Waals surface area contributed by atoms with Crippen molar-refractivity contribution in [1.29, 1.82) is 0 Å². The summed E-state index contributed by atoms with van der Waals surface area (Å²) in [7, 11) is 3.92. The number of carbonyl (C=O) groups is 1. The number of ether oxygens (including phenoxy) is 1. The molecule has 0 radical (unpaired) electrons. The fraction of sp³-hybridized carbons (Fsp3) is 0.500. The van der Waals surface area contributed by atoms with Crippen molar-refractivity contribution in [2.45, 2.75) is 37.5 Å². The standard InChI is InChI=1S/C24H30F3N7O3/c1-28-7-9-37-10-8-34(2)15-4-3-14(11-15)31-23-30-13-18(24(25,26)27)20(33-23)17-12-29-21-16(17)5-6-19(32-21)22(35)36/h5-6,12-15,28H,3-4,7-11H2,1-2H3,(H,29,32)(H,35,36)(H,30,31,33)/t14-,15-/m0/s1. The highest BCUT2D eigenvalue weighted by atomic mass is 19.4. The molecule has 0 aromatic carbocycles. The van der Waals surface area contributed by atoms with Crippen molar-refractivity contribution >= 4 is 23.0 Å². The zero-order valence-corrected chi connectivity index (χ0v) is 20.6. The molecule has 0 amide bonds. The molecule has 1 fully saturated rings. The van der Waals surface area contributed by atoms with Crippen molar-refractivity contribution in [1.82, 2.24) is 30.2 Å². The van der Waals surface area contributed by atoms with Crippen LogP contribution in [0.1, 0.15) is 35.3 Å². The fourth-order valence-electron chi connectivity index (χ4n) is 4.52. The minimum Gasteiger partial charge on any atom is -0.477 e. The SMILES string of the molecule is CNCCOCCN(C)[C@H]1CC[C@H](Nc2ncc(C(F)(F)F)c(-c3c[nH]c4nc(C(=O)O)ccc34)n2)C1. The summed E-state index contributed by atoms with van der Waals surface area (Å²) in [6.07, 6.45) is 0.0417. The molecule has 200 valence electrons. The van der Waals surface area contributed by atoms with Crippen LogP contribution in [0.25, 0.3) is 22.3 Å². The average molecular weight is 522 g/mol. The Morgan fingerprint density at radius 3 is 2.81 bits per heavy atom. The maximum atomic E-state index is 13.8. The summed E-state index contributed by atoms with van der Waals surface area (Å²) in [5.41, 5.74) is -1.17. The highest BCUT2D eigenvalue weighted by Crippen LogP contribution is 2.38. The molecule has 0 aliphatic heterocycles. The summed E-state index contributed by atoms with van der Waals surface area (Å²) in [5.74, 6) is -1.12. The first-order valence-electron chi connectivity index (χ1n) is 12.0. The van der Waals surface area contributed by atoms with Crippen molar-refractivity contribution in [2.24, 2.45) is 0 Å². The van der Waals surface area contributed by atoms with Crippen LogP contribution in [0.5, 0.6) is 0 Å². The Bertz CT molecular complexity index is 1230. The Morgan fingerprint density at radius 1 is 1.27 bits per heavy atom. The van der Waals surface area contributed by atoms with Gasteiger partial charge in [0, 0.05) is 48.5 Å². The molecule has 0 spiro atoms. The lowest BCUT2D eigenvalue weighted by Gasteiger charge is -2.24. The summed E-state index contributed by atoms with van der Waals surface area (Å²) < 4.78 is 47.1. The third kappa shape index (κ3) is 6.35. The molecule has 10 nitrogen and oxygen atoms in total. The monoisotopic (exact) mass is 521 g/mol. The van der Waals surface area contributed by atoms with E-state index in [1.54, 1.807) is 0 Å². The Balaban J connectivity index is 1.50. The van der Waals surface area contributed by atoms with Gasteiger partial charge in [-0.1, -0.05) is 0 Å². The van der Waals surface area contributed by atoms with Gasteiger partial charge in [0.1, 0.15) is 11.2 Å². The normalized spacial score (nSPS) is 18.1. The molecule has 0 unspecified atom stereocenters. The third-order valence-corrected chi connectivity index (χ3v) is 6.55. The molecular weight excluding hydrogens is 491 g/mol. The average Bonchev–Trinajstić information content (AvgIpc) is 3.50. The summed E-state index contributed by atoms with van der Waals surface area (Å²) in [4.78, 5) is 28.4. The van der Waals surface area contributed by atoms with Crippen molar-refractivity contribution in [3.63, 3.8) is 0 Å². The number of aromatic amines is 1. The molecule has 3 aromatic heterocycles. The highest BCUT2D eigenvalue weighted by Gasteiger charge is 2.36. The number of aromatic nitrogens is 4. The van der Waals surface area contributed by atoms with Gasteiger partial charge in [-0.2, -0.15) is 13.2 Å². The van der Waals surface area contributed by atoms with E-state index < -0.39 is 17.7 Å². The molecule has 0 bridgehead atoms. The summed E-state index contributed by atoms with van der Waals surface area (Å²) in [6.45, 7) is 2.87. The number of hydrogen-bond acceptors (Lipinski definition) is 8. The van der Waals surface area contributed by atoms with Gasteiger partial charge in [0.15, 0.2) is 5.69 Å². The van der Waals surface area contributed by atoms with E-state index in [-0.39, 0.29) is 34.6 Å². The number of likely N-dealkylation sites (N-methyl/N-ethyl adjacent to an activating group) is 2. The van der Waals surface area contributed by atoms with E-state index in [1.807, 2.05) is 14.1 Å². The number of hydrogen-bond donors (Lipinski definition) is 4. The summed E-state index contributed by atoms with van der Waals surface area (Å²) in [6, 6.07) is 3.01. The number of nitrogens with zero attached hydrogens (tertiary/aromatic N) is 4. The zero-order valence-electron chi connectivity index (χ0n) is 20.6. The summed E-state index contributed by atoms with van der Waals surface area (Å²) >= 11 is 0. The van der Waals surface area contributed by atoms with E-state index in [9.17, 15) is 18.0 Å². The Kier molecular flexibility index (Phi) is 8.25. The van der Waals surface area contributed by atoms with Crippen molar-refractivity contribution in [3.8, 4) is 11.3 Å². The van der Waals surface area contributed by atoms with Gasteiger partial charge in [0.25, 0.3) is 0 Å². The van der Waals surface area contributed by atoms with Crippen LogP contribution in [-0.4, -0.2) is 88.4 Å². The van der Waals surface area contributed by atoms with Gasteiger partial charge < -0.3 is 30.4 Å². The Labute approximate surface area is 211 Å². The molecule has 1 aliphatic rings. The van der Waals surface area contributed by atoms with Crippen LogP contribution in [0.15, 0.2) is 24.5 Å². The molecule has 2 atom stereocenters. The molecule has 1 aliphatic carbocycles. The van der Waals surface area contributed by atoms with Crippen molar-refractivity contribution in [3.05, 3.63) is 35.8 Å². The number of carboxylic acid groups (broad SMARTS) is 1. The van der Waals surface area contributed by atoms with Crippen molar-refractivity contribution in [2.75, 3.05) is 45.7 Å². The van der Waals surface area contributed by atoms with E-state index in [4.69, 9.17) is 9.84 Å². The largest absolute Gasteiger partial charge is 0.477 e. The minimum absolute atomic E-state index is 0.0185. The van der Waals surface area contributed by atoms with E-state index in [0.29, 0.717) is 24.6 Å². The number of fused-ring (bicyclic) bond motifs is 1. The minimum atomic E-state index is -4.68. The van der Waals surface area contributed by atoms with Crippen molar-refractivity contribution < 1.29 is 27.8 Å². The summed E-state index contributed by atoms with van der Waals surface area (Å²) in [5, 5.41) is 15.7. The third-order valence-electron chi connectivity index (χ3n) is 6.55. The predicted octanol–water partition coefficient (Wildman–Crippen LogP) is 3.24. The Morgan fingerprint density at radius 2 is 2.08 bits per heavy atom. The molecular formula is C24H30F3N7O3. The van der Waals surface area contributed by atoms with Crippen LogP contribution in [0.4, 0.5) is 19.1 Å². The highest BCUT2D eigenvalue weighted by molar-refractivity contribution is 5.96. The second-order valence-electron chi connectivity index (χ2n) is 9.06. The van der Waals surface area contributed by atoms with E-state index in [0.717, 1.165) is 38.5 Å². The lowest BCUT2D eigenvalue weighted by Crippen LogP contribution is -2.34. The molecule has 4 rings (SSSR count). The van der Waals surface area contributed by atoms with Gasteiger partial charge in [-0.15, -0.1) is 0 Å². The van der Waals surface area contributed by atoms with E-state index in [1.165, 1.54) is 18.3 Å². The van der Waals surface area contributed by atoms with Gasteiger partial charge in [-0.3, -0.25) is 0 Å². The second-order valence-corrected chi connectivity index (χ2v) is 9.06. The number of anilines is 1. The van der Waals surface area contributed by atoms with Crippen LogP contribution < -0.4 is 10.6 Å². The smallest absolute Gasteiger partial charge is 0.419 e. The predicted molar refractivity (Wildman–Crippen MR) is 132 cm³/mol. The first kappa shape index (κ1) is 26.8. The van der Waals surface area contributed by atoms with E-state index >= 15 is 0 Å². The van der Waals surface area contributed by atoms with Crippen LogP contribution in [0.3, 0.4) is 0 Å². The molecule has 3 aromatic rings.